The summed E-state index contributed by atoms with van der Waals surface area (Å²) in [5.74, 6) is -1.57. The van der Waals surface area contributed by atoms with Crippen molar-refractivity contribution in [2.24, 2.45) is 5.14 Å². The number of benzene rings is 1. The molecule has 1 atom stereocenters. The number of nitrogens with two attached hydrogens (primary N) is 1. The predicted molar refractivity (Wildman–Crippen MR) is 81.9 cm³/mol. The van der Waals surface area contributed by atoms with Gasteiger partial charge >= 0.3 is 5.97 Å². The average molecular weight is 391 g/mol. The number of carboxylic acids is 1. The monoisotopic (exact) mass is 390 g/mol. The standard InChI is InChI=1S/C13H15BrN2O5S/c1-7-9(5-8(14)6-11(7)22(15,20)21)12(17)16-4-2-3-10(16)13(18)19/h5-6,10H,2-4H2,1H3,(H,18,19)(H2,15,20,21)/t10-/m0/s1. The SMILES string of the molecule is Cc1c(C(=O)N2CCC[C@H]2C(=O)O)cc(Br)cc1S(N)(=O)=O. The van der Waals surface area contributed by atoms with E-state index in [1.807, 2.05) is 0 Å². The number of carbonyl (C=O) groups excluding carboxylic acids is 1. The van der Waals surface area contributed by atoms with Crippen molar-refractivity contribution in [2.75, 3.05) is 6.54 Å². The zero-order valence-corrected chi connectivity index (χ0v) is 14.1. The van der Waals surface area contributed by atoms with Crippen LogP contribution >= 0.6 is 15.9 Å². The second-order valence-corrected chi connectivity index (χ2v) is 7.56. The van der Waals surface area contributed by atoms with Crippen molar-refractivity contribution in [1.82, 2.24) is 4.90 Å². The Morgan fingerprint density at radius 3 is 2.59 bits per heavy atom. The number of likely N-dealkylation sites (tertiary alicyclic amines) is 1. The molecule has 0 aromatic heterocycles. The third-order valence-electron chi connectivity index (χ3n) is 3.66. The van der Waals surface area contributed by atoms with Crippen LogP contribution in [0.2, 0.25) is 0 Å². The second kappa shape index (κ2) is 5.98. The molecular weight excluding hydrogens is 376 g/mol. The van der Waals surface area contributed by atoms with E-state index in [1.54, 1.807) is 0 Å². The van der Waals surface area contributed by atoms with Gasteiger partial charge in [-0.3, -0.25) is 4.79 Å². The van der Waals surface area contributed by atoms with Crippen LogP contribution in [0.25, 0.3) is 0 Å². The molecule has 1 aliphatic heterocycles. The Balaban J connectivity index is 2.51. The molecule has 22 heavy (non-hydrogen) atoms. The molecule has 1 aliphatic rings. The molecule has 1 aromatic carbocycles. The van der Waals surface area contributed by atoms with Crippen LogP contribution in [0.3, 0.4) is 0 Å². The van der Waals surface area contributed by atoms with Gasteiger partial charge in [-0.2, -0.15) is 0 Å². The molecule has 9 heteroatoms. The molecule has 0 unspecified atom stereocenters. The molecule has 1 saturated heterocycles. The molecule has 1 fully saturated rings. The smallest absolute Gasteiger partial charge is 0.326 e. The van der Waals surface area contributed by atoms with Gasteiger partial charge in [0.1, 0.15) is 6.04 Å². The van der Waals surface area contributed by atoms with Crippen LogP contribution in [0.5, 0.6) is 0 Å². The zero-order valence-electron chi connectivity index (χ0n) is 11.7. The lowest BCUT2D eigenvalue weighted by atomic mass is 10.1. The van der Waals surface area contributed by atoms with E-state index in [0.29, 0.717) is 23.9 Å². The number of halogens is 1. The Morgan fingerprint density at radius 1 is 1.41 bits per heavy atom. The van der Waals surface area contributed by atoms with Crippen molar-refractivity contribution < 1.29 is 23.1 Å². The highest BCUT2D eigenvalue weighted by molar-refractivity contribution is 9.10. The van der Waals surface area contributed by atoms with E-state index >= 15 is 0 Å². The van der Waals surface area contributed by atoms with Crippen LogP contribution in [0.1, 0.15) is 28.8 Å². The third kappa shape index (κ3) is 3.16. The molecule has 1 aromatic rings. The second-order valence-electron chi connectivity index (χ2n) is 5.12. The topological polar surface area (TPSA) is 118 Å². The van der Waals surface area contributed by atoms with Crippen molar-refractivity contribution in [3.8, 4) is 0 Å². The number of aliphatic carboxylic acids is 1. The maximum Gasteiger partial charge on any atom is 0.326 e. The summed E-state index contributed by atoms with van der Waals surface area (Å²) in [6, 6.07) is 1.91. The Morgan fingerprint density at radius 2 is 2.05 bits per heavy atom. The van der Waals surface area contributed by atoms with Crippen molar-refractivity contribution in [3.63, 3.8) is 0 Å². The number of hydrogen-bond acceptors (Lipinski definition) is 4. The Hall–Kier alpha value is -1.45. The summed E-state index contributed by atoms with van der Waals surface area (Å²) in [5, 5.41) is 14.3. The molecule has 0 spiro atoms. The van der Waals surface area contributed by atoms with Gasteiger partial charge in [-0.25, -0.2) is 18.4 Å². The van der Waals surface area contributed by atoms with Crippen LogP contribution in [0, 0.1) is 6.92 Å². The number of primary sulfonamides is 1. The molecule has 1 amide bonds. The van der Waals surface area contributed by atoms with Crippen molar-refractivity contribution in [1.29, 1.82) is 0 Å². The van der Waals surface area contributed by atoms with Gasteiger partial charge in [-0.05, 0) is 37.5 Å². The predicted octanol–water partition coefficient (Wildman–Crippen LogP) is 1.09. The van der Waals surface area contributed by atoms with Crippen molar-refractivity contribution in [3.05, 3.63) is 27.7 Å². The van der Waals surface area contributed by atoms with Crippen LogP contribution in [-0.4, -0.2) is 42.9 Å². The fourth-order valence-corrected chi connectivity index (χ4v) is 4.03. The normalized spacial score (nSPS) is 18.5. The first-order valence-corrected chi connectivity index (χ1v) is 8.83. The minimum Gasteiger partial charge on any atom is -0.480 e. The first kappa shape index (κ1) is 16.9. The fraction of sp³-hybridized carbons (Fsp3) is 0.385. The summed E-state index contributed by atoms with van der Waals surface area (Å²) in [7, 11) is -3.98. The van der Waals surface area contributed by atoms with Gasteiger partial charge in [0.15, 0.2) is 0 Å². The molecule has 3 N–H and O–H groups in total. The van der Waals surface area contributed by atoms with Gasteiger partial charge in [0.05, 0.1) is 4.90 Å². The maximum atomic E-state index is 12.6. The van der Waals surface area contributed by atoms with E-state index in [0.717, 1.165) is 0 Å². The largest absolute Gasteiger partial charge is 0.480 e. The highest BCUT2D eigenvalue weighted by Gasteiger charge is 2.35. The van der Waals surface area contributed by atoms with Crippen LogP contribution in [0.15, 0.2) is 21.5 Å². The summed E-state index contributed by atoms with van der Waals surface area (Å²) >= 11 is 3.15. The van der Waals surface area contributed by atoms with Crippen molar-refractivity contribution >= 4 is 37.8 Å². The van der Waals surface area contributed by atoms with Crippen LogP contribution < -0.4 is 5.14 Å². The molecule has 2 rings (SSSR count). The van der Waals surface area contributed by atoms with Crippen LogP contribution in [0.4, 0.5) is 0 Å². The van der Waals surface area contributed by atoms with E-state index in [4.69, 9.17) is 10.2 Å². The number of nitrogens with zero attached hydrogens (tertiary/aromatic N) is 1. The zero-order chi connectivity index (χ0) is 16.7. The number of amides is 1. The number of rotatable bonds is 3. The van der Waals surface area contributed by atoms with Gasteiger partial charge in [0, 0.05) is 16.6 Å². The number of sulfonamides is 1. The highest BCUT2D eigenvalue weighted by atomic mass is 79.9. The Kier molecular flexibility index (Phi) is 4.59. The quantitative estimate of drug-likeness (QED) is 0.800. The Bertz CT molecular complexity index is 747. The van der Waals surface area contributed by atoms with Gasteiger partial charge in [0.2, 0.25) is 10.0 Å². The molecule has 0 radical (unpaired) electrons. The summed E-state index contributed by atoms with van der Waals surface area (Å²) in [4.78, 5) is 24.9. The lowest BCUT2D eigenvalue weighted by Crippen LogP contribution is -2.40. The fourth-order valence-electron chi connectivity index (χ4n) is 2.59. The summed E-state index contributed by atoms with van der Waals surface area (Å²) in [5.41, 5.74) is 0.346. The van der Waals surface area contributed by atoms with Gasteiger partial charge in [-0.1, -0.05) is 15.9 Å². The van der Waals surface area contributed by atoms with Gasteiger partial charge in [-0.15, -0.1) is 0 Å². The van der Waals surface area contributed by atoms with Crippen molar-refractivity contribution in [2.45, 2.75) is 30.7 Å². The van der Waals surface area contributed by atoms with E-state index in [2.05, 4.69) is 15.9 Å². The Labute approximate surface area is 136 Å². The molecule has 0 aliphatic carbocycles. The lowest BCUT2D eigenvalue weighted by molar-refractivity contribution is -0.141. The average Bonchev–Trinajstić information content (AvgIpc) is 2.88. The first-order chi connectivity index (χ1) is 10.1. The maximum absolute atomic E-state index is 12.6. The highest BCUT2D eigenvalue weighted by Crippen LogP contribution is 2.27. The van der Waals surface area contributed by atoms with Crippen LogP contribution in [-0.2, 0) is 14.8 Å². The molecule has 7 nitrogen and oxygen atoms in total. The number of carbonyl (C=O) groups is 2. The minimum absolute atomic E-state index is 0.131. The molecule has 0 saturated carbocycles. The molecule has 120 valence electrons. The van der Waals surface area contributed by atoms with E-state index in [-0.39, 0.29) is 16.0 Å². The number of hydrogen-bond donors (Lipinski definition) is 2. The lowest BCUT2D eigenvalue weighted by Gasteiger charge is -2.23. The van der Waals surface area contributed by atoms with E-state index in [1.165, 1.54) is 24.0 Å². The van der Waals surface area contributed by atoms with E-state index in [9.17, 15) is 18.0 Å². The molecule has 0 bridgehead atoms. The summed E-state index contributed by atoms with van der Waals surface area (Å²) in [6.07, 6.45) is 0.980. The molecular formula is C13H15BrN2O5S. The summed E-state index contributed by atoms with van der Waals surface area (Å²) < 4.78 is 23.6. The molecule has 1 heterocycles. The first-order valence-electron chi connectivity index (χ1n) is 6.49. The van der Waals surface area contributed by atoms with Gasteiger partial charge in [0.25, 0.3) is 5.91 Å². The summed E-state index contributed by atoms with van der Waals surface area (Å²) in [6.45, 7) is 1.80. The van der Waals surface area contributed by atoms with E-state index < -0.39 is 27.9 Å². The third-order valence-corrected chi connectivity index (χ3v) is 5.16. The minimum atomic E-state index is -3.98. The number of carboxylic acid groups (broad SMARTS) is 1. The van der Waals surface area contributed by atoms with Gasteiger partial charge < -0.3 is 10.0 Å².